The molecule has 0 rings (SSSR count). The fourth-order valence-corrected chi connectivity index (χ4v) is 2.40. The van der Waals surface area contributed by atoms with Gasteiger partial charge in [-0.3, -0.25) is 15.6 Å². The highest BCUT2D eigenvalue weighted by molar-refractivity contribution is 5.77. The number of ether oxygens (including phenoxy) is 1. The Hall–Kier alpha value is -1.59. The first-order chi connectivity index (χ1) is 9.95. The molecule has 0 bridgehead atoms. The third-order valence-electron chi connectivity index (χ3n) is 3.59. The van der Waals surface area contributed by atoms with E-state index in [1.54, 1.807) is 0 Å². The van der Waals surface area contributed by atoms with Crippen LogP contribution in [0.15, 0.2) is 0 Å². The summed E-state index contributed by atoms with van der Waals surface area (Å²) in [5, 5.41) is 14.5. The van der Waals surface area contributed by atoms with Crippen molar-refractivity contribution in [1.29, 1.82) is 10.8 Å². The van der Waals surface area contributed by atoms with Gasteiger partial charge in [0.25, 0.3) is 0 Å². The van der Waals surface area contributed by atoms with Crippen LogP contribution >= 0.6 is 0 Å². The van der Waals surface area contributed by atoms with E-state index in [4.69, 9.17) is 22.3 Å². The van der Waals surface area contributed by atoms with Crippen LogP contribution in [0, 0.1) is 16.7 Å². The molecule has 0 aliphatic rings. The molecule has 0 saturated heterocycles. The van der Waals surface area contributed by atoms with Crippen LogP contribution in [0.1, 0.15) is 64.2 Å². The van der Waals surface area contributed by atoms with Crippen molar-refractivity contribution >= 4 is 17.6 Å². The number of amidine groups is 2. The van der Waals surface area contributed by atoms with Gasteiger partial charge in [-0.05, 0) is 25.2 Å². The molecule has 0 amide bonds. The number of carbonyl (C=O) groups is 1. The summed E-state index contributed by atoms with van der Waals surface area (Å²) < 4.78 is 4.63. The first-order valence-electron chi connectivity index (χ1n) is 7.68. The molecule has 0 aromatic carbocycles. The van der Waals surface area contributed by atoms with Gasteiger partial charge in [0, 0.05) is 19.3 Å². The third-order valence-corrected chi connectivity index (χ3v) is 3.59. The highest BCUT2D eigenvalue weighted by Gasteiger charge is 2.10. The van der Waals surface area contributed by atoms with Gasteiger partial charge in [0.15, 0.2) is 0 Å². The van der Waals surface area contributed by atoms with Crippen LogP contribution < -0.4 is 11.5 Å². The van der Waals surface area contributed by atoms with E-state index >= 15 is 0 Å². The molecule has 0 radical (unpaired) electrons. The number of esters is 1. The van der Waals surface area contributed by atoms with Gasteiger partial charge in [0.05, 0.1) is 18.8 Å². The van der Waals surface area contributed by atoms with E-state index in [2.05, 4.69) is 4.74 Å². The van der Waals surface area contributed by atoms with E-state index in [1.165, 1.54) is 7.11 Å². The zero-order valence-corrected chi connectivity index (χ0v) is 13.1. The highest BCUT2D eigenvalue weighted by Crippen LogP contribution is 2.22. The first-order valence-corrected chi connectivity index (χ1v) is 7.68. The monoisotopic (exact) mass is 298 g/mol. The number of methoxy groups -OCH3 is 1. The van der Waals surface area contributed by atoms with Gasteiger partial charge in [-0.15, -0.1) is 0 Å². The van der Waals surface area contributed by atoms with Crippen molar-refractivity contribution in [1.82, 2.24) is 0 Å². The summed E-state index contributed by atoms with van der Waals surface area (Å²) in [6, 6.07) is 0. The summed E-state index contributed by atoms with van der Waals surface area (Å²) in [6.45, 7) is 0. The maximum Gasteiger partial charge on any atom is 0.305 e. The highest BCUT2D eigenvalue weighted by atomic mass is 16.5. The van der Waals surface area contributed by atoms with Crippen LogP contribution in [-0.2, 0) is 9.53 Å². The zero-order chi connectivity index (χ0) is 16.1. The molecule has 0 spiro atoms. The molecule has 6 N–H and O–H groups in total. The van der Waals surface area contributed by atoms with Crippen LogP contribution in [0.4, 0.5) is 0 Å². The molecule has 0 aliphatic carbocycles. The van der Waals surface area contributed by atoms with Crippen LogP contribution in [0.25, 0.3) is 0 Å². The lowest BCUT2D eigenvalue weighted by atomic mass is 9.90. The minimum Gasteiger partial charge on any atom is -0.469 e. The third kappa shape index (κ3) is 13.2. The Morgan fingerprint density at radius 2 is 1.38 bits per heavy atom. The fraction of sp³-hybridized carbons (Fsp3) is 0.800. The van der Waals surface area contributed by atoms with Gasteiger partial charge in [-0.25, -0.2) is 0 Å². The van der Waals surface area contributed by atoms with Crippen molar-refractivity contribution in [3.63, 3.8) is 0 Å². The molecule has 0 fully saturated rings. The maximum absolute atomic E-state index is 11.1. The van der Waals surface area contributed by atoms with Gasteiger partial charge < -0.3 is 16.2 Å². The normalized spacial score (nSPS) is 11.9. The average molecular weight is 298 g/mol. The second-order valence-electron chi connectivity index (χ2n) is 5.52. The number of unbranched alkanes of at least 4 members (excludes halogenated alkanes) is 1. The van der Waals surface area contributed by atoms with Gasteiger partial charge in [0.2, 0.25) is 0 Å². The molecule has 6 heteroatoms. The molecule has 0 aromatic rings. The zero-order valence-electron chi connectivity index (χ0n) is 13.1. The Morgan fingerprint density at radius 3 is 1.81 bits per heavy atom. The van der Waals surface area contributed by atoms with Crippen molar-refractivity contribution in [2.24, 2.45) is 17.4 Å². The molecule has 0 saturated carbocycles. The molecule has 6 nitrogen and oxygen atoms in total. The van der Waals surface area contributed by atoms with Gasteiger partial charge >= 0.3 is 5.97 Å². The quantitative estimate of drug-likeness (QED) is 0.180. The molecule has 0 aliphatic heterocycles. The Bertz CT molecular complexity index is 312. The predicted molar refractivity (Wildman–Crippen MR) is 85.5 cm³/mol. The summed E-state index contributed by atoms with van der Waals surface area (Å²) >= 11 is 0. The standard InChI is InChI=1S/C15H30N4O2/c1-21-15(20)11-3-2-6-12(7-4-9-13(16)17)8-5-10-14(18)19/h12H,2-11H2,1H3,(H3,16,17)(H3,18,19). The molecule has 0 aromatic heterocycles. The second kappa shape index (κ2) is 12.2. The van der Waals surface area contributed by atoms with Crippen LogP contribution in [0.5, 0.6) is 0 Å². The summed E-state index contributed by atoms with van der Waals surface area (Å²) in [7, 11) is 1.41. The molecule has 21 heavy (non-hydrogen) atoms. The summed E-state index contributed by atoms with van der Waals surface area (Å²) in [5.41, 5.74) is 10.8. The van der Waals surface area contributed by atoms with Crippen molar-refractivity contribution < 1.29 is 9.53 Å². The predicted octanol–water partition coefficient (Wildman–Crippen LogP) is 2.55. The number of rotatable bonds is 13. The lowest BCUT2D eigenvalue weighted by Crippen LogP contribution is -2.12. The minimum atomic E-state index is -0.153. The van der Waals surface area contributed by atoms with Crippen molar-refractivity contribution in [2.45, 2.75) is 64.2 Å². The summed E-state index contributed by atoms with van der Waals surface area (Å²) in [4.78, 5) is 11.1. The van der Waals surface area contributed by atoms with Crippen LogP contribution in [0.3, 0.4) is 0 Å². The summed E-state index contributed by atoms with van der Waals surface area (Å²) in [5.74, 6) is 0.882. The van der Waals surface area contributed by atoms with E-state index in [0.29, 0.717) is 25.2 Å². The van der Waals surface area contributed by atoms with E-state index in [-0.39, 0.29) is 17.6 Å². The lowest BCUT2D eigenvalue weighted by Gasteiger charge is -2.16. The average Bonchev–Trinajstić information content (AvgIpc) is 2.41. The van der Waals surface area contributed by atoms with E-state index in [0.717, 1.165) is 44.9 Å². The van der Waals surface area contributed by atoms with Crippen molar-refractivity contribution in [3.8, 4) is 0 Å². The van der Waals surface area contributed by atoms with Gasteiger partial charge in [0.1, 0.15) is 0 Å². The Morgan fingerprint density at radius 1 is 0.905 bits per heavy atom. The molecule has 0 heterocycles. The van der Waals surface area contributed by atoms with Crippen molar-refractivity contribution in [2.75, 3.05) is 7.11 Å². The number of carbonyl (C=O) groups excluding carboxylic acids is 1. The number of nitrogens with two attached hydrogens (primary N) is 2. The van der Waals surface area contributed by atoms with Gasteiger partial charge in [-0.2, -0.15) is 0 Å². The smallest absolute Gasteiger partial charge is 0.305 e. The molecule has 122 valence electrons. The Kier molecular flexibility index (Phi) is 11.3. The molecule has 0 unspecified atom stereocenters. The van der Waals surface area contributed by atoms with E-state index in [9.17, 15) is 4.79 Å². The molecular weight excluding hydrogens is 268 g/mol. The number of nitrogens with one attached hydrogen (secondary N) is 2. The topological polar surface area (TPSA) is 126 Å². The number of hydrogen-bond acceptors (Lipinski definition) is 4. The first kappa shape index (κ1) is 19.4. The minimum absolute atomic E-state index is 0.153. The largest absolute Gasteiger partial charge is 0.469 e. The SMILES string of the molecule is COC(=O)CCCCC(CCCC(=N)N)CCCC(=N)N. The van der Waals surface area contributed by atoms with Gasteiger partial charge in [-0.1, -0.05) is 25.7 Å². The fourth-order valence-electron chi connectivity index (χ4n) is 2.40. The molecular formula is C15H30N4O2. The Labute approximate surface area is 127 Å². The lowest BCUT2D eigenvalue weighted by molar-refractivity contribution is -0.140. The molecule has 0 atom stereocenters. The Balaban J connectivity index is 3.95. The van der Waals surface area contributed by atoms with Crippen LogP contribution in [-0.4, -0.2) is 24.8 Å². The second-order valence-corrected chi connectivity index (χ2v) is 5.52. The maximum atomic E-state index is 11.1. The number of hydrogen-bond donors (Lipinski definition) is 4. The van der Waals surface area contributed by atoms with Crippen LogP contribution in [0.2, 0.25) is 0 Å². The van der Waals surface area contributed by atoms with Crippen molar-refractivity contribution in [3.05, 3.63) is 0 Å². The van der Waals surface area contributed by atoms with E-state index in [1.807, 2.05) is 0 Å². The summed E-state index contributed by atoms with van der Waals surface area (Å²) in [6.07, 6.45) is 8.61. The van der Waals surface area contributed by atoms with E-state index < -0.39 is 0 Å².